The van der Waals surface area contributed by atoms with Crippen LogP contribution in [0.1, 0.15) is 38.2 Å². The fraction of sp³-hybridized carbons (Fsp3) is 0.500. The second kappa shape index (κ2) is 6.55. The summed E-state index contributed by atoms with van der Waals surface area (Å²) in [5.41, 5.74) is 1.48. The number of aliphatic carboxylic acids is 1. The van der Waals surface area contributed by atoms with Crippen molar-refractivity contribution in [3.05, 3.63) is 29.8 Å². The van der Waals surface area contributed by atoms with Crippen LogP contribution in [0.5, 0.6) is 0 Å². The van der Waals surface area contributed by atoms with Crippen LogP contribution in [0.3, 0.4) is 0 Å². The van der Waals surface area contributed by atoms with E-state index in [1.807, 2.05) is 0 Å². The minimum atomic E-state index is -0.849. The molecule has 1 aliphatic rings. The molecule has 20 heavy (non-hydrogen) atoms. The average Bonchev–Trinajstić information content (AvgIpc) is 2.41. The summed E-state index contributed by atoms with van der Waals surface area (Å²) >= 11 is 0. The topological polar surface area (TPSA) is 66.4 Å². The molecule has 0 spiro atoms. The summed E-state index contributed by atoms with van der Waals surface area (Å²) in [4.78, 5) is 22.7. The summed E-state index contributed by atoms with van der Waals surface area (Å²) in [5, 5.41) is 11.6. The average molecular weight is 275 g/mol. The van der Waals surface area contributed by atoms with Crippen molar-refractivity contribution < 1.29 is 14.7 Å². The molecule has 1 fully saturated rings. The Kier molecular flexibility index (Phi) is 4.77. The molecule has 108 valence electrons. The Morgan fingerprint density at radius 2 is 1.75 bits per heavy atom. The van der Waals surface area contributed by atoms with Gasteiger partial charge in [0.1, 0.15) is 0 Å². The van der Waals surface area contributed by atoms with Gasteiger partial charge in [-0.2, -0.15) is 0 Å². The van der Waals surface area contributed by atoms with E-state index in [9.17, 15) is 9.59 Å². The maximum atomic E-state index is 12.1. The first-order valence-electron chi connectivity index (χ1n) is 7.16. The van der Waals surface area contributed by atoms with Gasteiger partial charge in [0.25, 0.3) is 0 Å². The van der Waals surface area contributed by atoms with Crippen molar-refractivity contribution in [3.63, 3.8) is 0 Å². The number of nitrogens with one attached hydrogen (secondary N) is 1. The number of carboxylic acid groups (broad SMARTS) is 1. The van der Waals surface area contributed by atoms with E-state index in [4.69, 9.17) is 5.11 Å². The standard InChI is InChI=1S/C16H21NO3/c1-11-2-6-13(7-3-11)16(20)17-14-8-4-12(5-9-14)10-15(18)19/h4-5,8-9,11,13H,2-3,6-7,10H2,1H3,(H,17,20)(H,18,19). The molecule has 1 aromatic carbocycles. The van der Waals surface area contributed by atoms with Crippen molar-refractivity contribution in [2.75, 3.05) is 5.32 Å². The molecule has 0 atom stereocenters. The van der Waals surface area contributed by atoms with Crippen LogP contribution in [0.2, 0.25) is 0 Å². The fourth-order valence-corrected chi connectivity index (χ4v) is 2.65. The molecular formula is C16H21NO3. The monoisotopic (exact) mass is 275 g/mol. The lowest BCUT2D eigenvalue weighted by molar-refractivity contribution is -0.136. The Morgan fingerprint density at radius 3 is 2.30 bits per heavy atom. The van der Waals surface area contributed by atoms with Crippen molar-refractivity contribution in [1.29, 1.82) is 0 Å². The SMILES string of the molecule is CC1CCC(C(=O)Nc2ccc(CC(=O)O)cc2)CC1. The first-order chi connectivity index (χ1) is 9.54. The fourth-order valence-electron chi connectivity index (χ4n) is 2.65. The van der Waals surface area contributed by atoms with Gasteiger partial charge in [0.05, 0.1) is 6.42 Å². The third-order valence-corrected chi connectivity index (χ3v) is 3.96. The summed E-state index contributed by atoms with van der Waals surface area (Å²) in [5.74, 6) is 0.0836. The number of amides is 1. The van der Waals surface area contributed by atoms with Crippen LogP contribution >= 0.6 is 0 Å². The molecule has 1 amide bonds. The van der Waals surface area contributed by atoms with E-state index < -0.39 is 5.97 Å². The van der Waals surface area contributed by atoms with Gasteiger partial charge in [-0.1, -0.05) is 19.1 Å². The van der Waals surface area contributed by atoms with Gasteiger partial charge in [0, 0.05) is 11.6 Å². The number of hydrogen-bond acceptors (Lipinski definition) is 2. The highest BCUT2D eigenvalue weighted by Gasteiger charge is 2.24. The lowest BCUT2D eigenvalue weighted by atomic mass is 9.82. The van der Waals surface area contributed by atoms with Gasteiger partial charge in [-0.05, 0) is 49.3 Å². The molecule has 0 saturated heterocycles. The molecule has 0 bridgehead atoms. The summed E-state index contributed by atoms with van der Waals surface area (Å²) in [6.45, 7) is 2.23. The van der Waals surface area contributed by atoms with Crippen LogP contribution in [-0.2, 0) is 16.0 Å². The Bertz CT molecular complexity index is 473. The number of anilines is 1. The third kappa shape index (κ3) is 4.08. The number of benzene rings is 1. The minimum Gasteiger partial charge on any atom is -0.481 e. The number of carboxylic acids is 1. The van der Waals surface area contributed by atoms with E-state index in [1.165, 1.54) is 0 Å². The van der Waals surface area contributed by atoms with Crippen LogP contribution in [0, 0.1) is 11.8 Å². The zero-order chi connectivity index (χ0) is 14.5. The van der Waals surface area contributed by atoms with Crippen LogP contribution in [-0.4, -0.2) is 17.0 Å². The number of carbonyl (C=O) groups excluding carboxylic acids is 1. The van der Waals surface area contributed by atoms with Crippen LogP contribution in [0.15, 0.2) is 24.3 Å². The maximum absolute atomic E-state index is 12.1. The Morgan fingerprint density at radius 1 is 1.15 bits per heavy atom. The third-order valence-electron chi connectivity index (χ3n) is 3.96. The van der Waals surface area contributed by atoms with E-state index in [0.29, 0.717) is 0 Å². The van der Waals surface area contributed by atoms with Gasteiger partial charge < -0.3 is 10.4 Å². The predicted octanol–water partition coefficient (Wildman–Crippen LogP) is 3.08. The number of carbonyl (C=O) groups is 2. The highest BCUT2D eigenvalue weighted by atomic mass is 16.4. The van der Waals surface area contributed by atoms with E-state index in [-0.39, 0.29) is 18.2 Å². The second-order valence-corrected chi connectivity index (χ2v) is 5.71. The molecule has 0 aromatic heterocycles. The molecule has 1 saturated carbocycles. The van der Waals surface area contributed by atoms with Gasteiger partial charge in [-0.15, -0.1) is 0 Å². The summed E-state index contributed by atoms with van der Waals surface area (Å²) in [7, 11) is 0. The van der Waals surface area contributed by atoms with Crippen molar-refractivity contribution >= 4 is 17.6 Å². The molecule has 2 N–H and O–H groups in total. The van der Waals surface area contributed by atoms with Crippen LogP contribution in [0.4, 0.5) is 5.69 Å². The summed E-state index contributed by atoms with van der Waals surface area (Å²) in [6, 6.07) is 7.02. The normalized spacial score (nSPS) is 22.2. The predicted molar refractivity (Wildman–Crippen MR) is 77.5 cm³/mol. The van der Waals surface area contributed by atoms with Gasteiger partial charge in [-0.3, -0.25) is 9.59 Å². The second-order valence-electron chi connectivity index (χ2n) is 5.71. The molecule has 1 aliphatic carbocycles. The molecule has 0 aliphatic heterocycles. The van der Waals surface area contributed by atoms with Gasteiger partial charge >= 0.3 is 5.97 Å². The first kappa shape index (κ1) is 14.6. The molecule has 0 radical (unpaired) electrons. The van der Waals surface area contributed by atoms with Crippen LogP contribution in [0.25, 0.3) is 0 Å². The molecule has 0 unspecified atom stereocenters. The van der Waals surface area contributed by atoms with Crippen LogP contribution < -0.4 is 5.32 Å². The highest BCUT2D eigenvalue weighted by Crippen LogP contribution is 2.29. The quantitative estimate of drug-likeness (QED) is 0.887. The number of hydrogen-bond donors (Lipinski definition) is 2. The number of rotatable bonds is 4. The molecule has 2 rings (SSSR count). The van der Waals surface area contributed by atoms with E-state index in [1.54, 1.807) is 24.3 Å². The molecule has 1 aromatic rings. The molecule has 0 heterocycles. The maximum Gasteiger partial charge on any atom is 0.307 e. The van der Waals surface area contributed by atoms with Crippen molar-refractivity contribution in [1.82, 2.24) is 0 Å². The smallest absolute Gasteiger partial charge is 0.307 e. The van der Waals surface area contributed by atoms with Gasteiger partial charge in [-0.25, -0.2) is 0 Å². The largest absolute Gasteiger partial charge is 0.481 e. The van der Waals surface area contributed by atoms with E-state index in [0.717, 1.165) is 42.9 Å². The zero-order valence-corrected chi connectivity index (χ0v) is 11.8. The minimum absolute atomic E-state index is 0.00867. The Hall–Kier alpha value is -1.84. The Balaban J connectivity index is 1.89. The lowest BCUT2D eigenvalue weighted by Crippen LogP contribution is -2.26. The first-order valence-corrected chi connectivity index (χ1v) is 7.16. The van der Waals surface area contributed by atoms with Crippen molar-refractivity contribution in [2.24, 2.45) is 11.8 Å². The lowest BCUT2D eigenvalue weighted by Gasteiger charge is -2.25. The van der Waals surface area contributed by atoms with E-state index in [2.05, 4.69) is 12.2 Å². The Labute approximate surface area is 119 Å². The zero-order valence-electron chi connectivity index (χ0n) is 11.8. The van der Waals surface area contributed by atoms with Crippen molar-refractivity contribution in [2.45, 2.75) is 39.0 Å². The molecule has 4 nitrogen and oxygen atoms in total. The molecule has 4 heteroatoms. The summed E-state index contributed by atoms with van der Waals surface area (Å²) in [6.07, 6.45) is 4.17. The van der Waals surface area contributed by atoms with Gasteiger partial charge in [0.15, 0.2) is 0 Å². The molecular weight excluding hydrogens is 254 g/mol. The summed E-state index contributed by atoms with van der Waals surface area (Å²) < 4.78 is 0. The highest BCUT2D eigenvalue weighted by molar-refractivity contribution is 5.92. The van der Waals surface area contributed by atoms with E-state index >= 15 is 0 Å². The van der Waals surface area contributed by atoms with Crippen molar-refractivity contribution in [3.8, 4) is 0 Å². The van der Waals surface area contributed by atoms with Gasteiger partial charge in [0.2, 0.25) is 5.91 Å².